The van der Waals surface area contributed by atoms with Gasteiger partial charge >= 0.3 is 0 Å². The van der Waals surface area contributed by atoms with E-state index in [1.807, 2.05) is 0 Å². The summed E-state index contributed by atoms with van der Waals surface area (Å²) in [6.07, 6.45) is 5.35. The summed E-state index contributed by atoms with van der Waals surface area (Å²) >= 11 is 0. The van der Waals surface area contributed by atoms with Gasteiger partial charge in [-0.25, -0.2) is 0 Å². The van der Waals surface area contributed by atoms with Crippen molar-refractivity contribution in [2.75, 3.05) is 41.3 Å². The van der Waals surface area contributed by atoms with Gasteiger partial charge in [0, 0.05) is 11.1 Å². The summed E-state index contributed by atoms with van der Waals surface area (Å²) in [7, 11) is 9.42. The Kier molecular flexibility index (Phi) is 13.2. The van der Waals surface area contributed by atoms with E-state index in [-0.39, 0.29) is 34.0 Å². The van der Waals surface area contributed by atoms with Crippen molar-refractivity contribution in [3.63, 3.8) is 0 Å². The Hall–Kier alpha value is -0.680. The number of benzene rings is 2. The normalized spacial score (nSPS) is 11.4. The van der Waals surface area contributed by atoms with E-state index < -0.39 is 0 Å². The highest BCUT2D eigenvalue weighted by molar-refractivity contribution is 5.14. The molecule has 0 heterocycles. The van der Waals surface area contributed by atoms with Gasteiger partial charge in [0.05, 0.1) is 41.3 Å². The van der Waals surface area contributed by atoms with Gasteiger partial charge < -0.3 is 42.9 Å². The van der Waals surface area contributed by atoms with Crippen molar-refractivity contribution in [3.05, 3.63) is 71.8 Å². The molecule has 0 amide bonds. The summed E-state index contributed by atoms with van der Waals surface area (Å²) in [6, 6.07) is 21.7. The quantitative estimate of drug-likeness (QED) is 0.270. The molecule has 0 radical (unpaired) electrons. The number of hydrogen-bond donors (Lipinski definition) is 0. The summed E-state index contributed by atoms with van der Waals surface area (Å²) < 4.78 is 2.17. The van der Waals surface area contributed by atoms with E-state index in [1.165, 1.54) is 49.9 Å². The maximum atomic E-state index is 2.35. The van der Waals surface area contributed by atoms with Gasteiger partial charge in [-0.3, -0.25) is 0 Å². The summed E-state index contributed by atoms with van der Waals surface area (Å²) in [5, 5.41) is 0. The minimum Gasteiger partial charge on any atom is -1.00 e. The van der Waals surface area contributed by atoms with Gasteiger partial charge in [-0.15, -0.1) is 0 Å². The van der Waals surface area contributed by atoms with Gasteiger partial charge in [0.15, 0.2) is 0 Å². The number of unbranched alkanes of at least 4 members (excludes halogenated alkanes) is 3. The molecule has 2 nitrogen and oxygen atoms in total. The summed E-state index contributed by atoms with van der Waals surface area (Å²) in [5.74, 6) is 0. The molecule has 28 heavy (non-hydrogen) atoms. The smallest absolute Gasteiger partial charge is 0.104 e. The number of halogens is 2. The van der Waals surface area contributed by atoms with Crippen molar-refractivity contribution in [2.45, 2.75) is 38.8 Å². The largest absolute Gasteiger partial charge is 1.00 e. The fourth-order valence-corrected chi connectivity index (χ4v) is 3.75. The maximum Gasteiger partial charge on any atom is 0.104 e. The lowest BCUT2D eigenvalue weighted by molar-refractivity contribution is -0.904. The van der Waals surface area contributed by atoms with Crippen LogP contribution in [0, 0.1) is 0 Å². The predicted molar refractivity (Wildman–Crippen MR) is 113 cm³/mol. The van der Waals surface area contributed by atoms with Crippen molar-refractivity contribution in [1.82, 2.24) is 0 Å². The van der Waals surface area contributed by atoms with Gasteiger partial charge in [-0.1, -0.05) is 60.7 Å². The van der Waals surface area contributed by atoms with Crippen molar-refractivity contribution < 1.29 is 42.9 Å². The molecule has 0 atom stereocenters. The lowest BCUT2D eigenvalue weighted by Gasteiger charge is -2.31. The zero-order valence-electron chi connectivity index (χ0n) is 18.1. The first-order valence-corrected chi connectivity index (χ1v) is 10.1. The zero-order valence-corrected chi connectivity index (χ0v) is 21.3. The van der Waals surface area contributed by atoms with Crippen molar-refractivity contribution in [1.29, 1.82) is 0 Å². The first-order chi connectivity index (χ1) is 12.4. The van der Waals surface area contributed by atoms with Crippen LogP contribution >= 0.6 is 0 Å². The van der Waals surface area contributed by atoms with E-state index >= 15 is 0 Å². The fraction of sp³-hybridized carbons (Fsp3) is 0.500. The van der Waals surface area contributed by atoms with E-state index in [0.29, 0.717) is 0 Å². The fourth-order valence-electron chi connectivity index (χ4n) is 3.75. The zero-order chi connectivity index (χ0) is 18.9. The molecule has 2 aromatic carbocycles. The van der Waals surface area contributed by atoms with Gasteiger partial charge in [0.1, 0.15) is 13.1 Å². The highest BCUT2D eigenvalue weighted by Gasteiger charge is 2.17. The predicted octanol–water partition coefficient (Wildman–Crippen LogP) is -0.892. The molecule has 4 heteroatoms. The molecule has 2 aromatic rings. The van der Waals surface area contributed by atoms with Crippen LogP contribution in [0.1, 0.15) is 36.8 Å². The minimum atomic E-state index is 0. The molecule has 158 valence electrons. The average Bonchev–Trinajstić information content (AvgIpc) is 2.59. The molecule has 0 aliphatic carbocycles. The molecule has 0 aliphatic heterocycles. The van der Waals surface area contributed by atoms with Crippen LogP contribution in [0.2, 0.25) is 0 Å². The SMILES string of the molecule is C[N+](C)(CCCCCC[N+](C)(C)Cc1ccccc1)Cc1ccccc1.[Br-].[Br-]. The molecule has 0 spiro atoms. The van der Waals surface area contributed by atoms with Crippen LogP contribution in [0.3, 0.4) is 0 Å². The Morgan fingerprint density at radius 2 is 0.821 bits per heavy atom. The molecule has 0 unspecified atom stereocenters. The first kappa shape index (κ1) is 27.3. The summed E-state index contributed by atoms with van der Waals surface area (Å²) in [6.45, 7) is 4.78. The highest BCUT2D eigenvalue weighted by Crippen LogP contribution is 2.14. The number of hydrogen-bond acceptors (Lipinski definition) is 0. The Morgan fingerprint density at radius 3 is 1.14 bits per heavy atom. The third kappa shape index (κ3) is 11.4. The number of nitrogens with zero attached hydrogens (tertiary/aromatic N) is 2. The van der Waals surface area contributed by atoms with Crippen LogP contribution < -0.4 is 34.0 Å². The van der Waals surface area contributed by atoms with E-state index in [0.717, 1.165) is 22.1 Å². The molecule has 0 aliphatic rings. The van der Waals surface area contributed by atoms with Crippen LogP contribution in [0.5, 0.6) is 0 Å². The molecule has 0 N–H and O–H groups in total. The van der Waals surface area contributed by atoms with E-state index in [4.69, 9.17) is 0 Å². The second kappa shape index (κ2) is 13.5. The van der Waals surface area contributed by atoms with Crippen molar-refractivity contribution >= 4 is 0 Å². The Bertz CT molecular complexity index is 570. The van der Waals surface area contributed by atoms with Gasteiger partial charge in [0.25, 0.3) is 0 Å². The molecule has 0 saturated heterocycles. The molecular weight excluding hydrogens is 476 g/mol. The first-order valence-electron chi connectivity index (χ1n) is 10.1. The summed E-state index contributed by atoms with van der Waals surface area (Å²) in [4.78, 5) is 0. The Labute approximate surface area is 194 Å². The standard InChI is InChI=1S/C24H38N2.2BrH/c1-25(2,21-23-15-9-7-10-16-23)19-13-5-6-14-20-26(3,4)22-24-17-11-8-12-18-24;;/h7-12,15-18H,5-6,13-14,19-22H2,1-4H3;2*1H/q+2;;/p-2. The second-order valence-electron chi connectivity index (χ2n) is 9.02. The van der Waals surface area contributed by atoms with Crippen LogP contribution in [0.4, 0.5) is 0 Å². The third-order valence-electron chi connectivity index (χ3n) is 5.18. The third-order valence-corrected chi connectivity index (χ3v) is 5.18. The van der Waals surface area contributed by atoms with Crippen LogP contribution in [-0.4, -0.2) is 50.2 Å². The van der Waals surface area contributed by atoms with Gasteiger partial charge in [-0.2, -0.15) is 0 Å². The van der Waals surface area contributed by atoms with Crippen molar-refractivity contribution in [3.8, 4) is 0 Å². The Balaban J connectivity index is 0.00000364. The second-order valence-corrected chi connectivity index (χ2v) is 9.02. The lowest BCUT2D eigenvalue weighted by atomic mass is 10.1. The number of quaternary nitrogens is 2. The van der Waals surface area contributed by atoms with Gasteiger partial charge in [-0.05, 0) is 25.7 Å². The average molecular weight is 514 g/mol. The van der Waals surface area contributed by atoms with E-state index in [2.05, 4.69) is 88.9 Å². The van der Waals surface area contributed by atoms with Crippen LogP contribution in [0.25, 0.3) is 0 Å². The van der Waals surface area contributed by atoms with E-state index in [1.54, 1.807) is 0 Å². The monoisotopic (exact) mass is 512 g/mol. The maximum absolute atomic E-state index is 2.35. The van der Waals surface area contributed by atoms with Crippen LogP contribution in [0.15, 0.2) is 60.7 Å². The molecule has 0 bridgehead atoms. The molecular formula is C24H38Br2N2. The van der Waals surface area contributed by atoms with E-state index in [9.17, 15) is 0 Å². The van der Waals surface area contributed by atoms with Gasteiger partial charge in [0.2, 0.25) is 0 Å². The summed E-state index contributed by atoms with van der Waals surface area (Å²) in [5.41, 5.74) is 2.88. The molecule has 2 rings (SSSR count). The Morgan fingerprint density at radius 1 is 0.500 bits per heavy atom. The lowest BCUT2D eigenvalue weighted by Crippen LogP contribution is -3.00. The highest BCUT2D eigenvalue weighted by atomic mass is 79.9. The topological polar surface area (TPSA) is 0 Å². The molecule has 0 aromatic heterocycles. The molecule has 0 saturated carbocycles. The minimum absolute atomic E-state index is 0. The van der Waals surface area contributed by atoms with Crippen molar-refractivity contribution in [2.24, 2.45) is 0 Å². The number of rotatable bonds is 11. The van der Waals surface area contributed by atoms with Crippen LogP contribution in [-0.2, 0) is 13.1 Å². The molecule has 0 fully saturated rings.